The first-order valence-corrected chi connectivity index (χ1v) is 18.3. The van der Waals surface area contributed by atoms with Crippen molar-refractivity contribution in [3.63, 3.8) is 0 Å². The number of hydrogen-bond acceptors (Lipinski definition) is 2. The topological polar surface area (TPSA) is 58.2 Å². The molecule has 0 saturated heterocycles. The average molecular weight is 593 g/mol. The van der Waals surface area contributed by atoms with Crippen LogP contribution in [-0.4, -0.2) is 31.6 Å². The van der Waals surface area contributed by atoms with Gasteiger partial charge in [-0.3, -0.25) is 9.59 Å². The van der Waals surface area contributed by atoms with Gasteiger partial charge in [0.25, 0.3) is 0 Å². The van der Waals surface area contributed by atoms with E-state index in [0.717, 1.165) is 29.2 Å². The van der Waals surface area contributed by atoms with E-state index in [9.17, 15) is 9.59 Å². The Morgan fingerprint density at radius 1 is 0.744 bits per heavy atom. The lowest BCUT2D eigenvalue weighted by molar-refractivity contribution is -0.130. The summed E-state index contributed by atoms with van der Waals surface area (Å²) >= 11 is 0. The molecule has 43 heavy (non-hydrogen) atoms. The lowest BCUT2D eigenvalue weighted by Gasteiger charge is -2.39. The summed E-state index contributed by atoms with van der Waals surface area (Å²) in [6.45, 7) is 15.2. The molecule has 5 heteroatoms. The van der Waals surface area contributed by atoms with Crippen LogP contribution in [0.15, 0.2) is 91.0 Å². The Morgan fingerprint density at radius 2 is 1.30 bits per heavy atom. The molecule has 0 aliphatic rings. The van der Waals surface area contributed by atoms with Crippen LogP contribution in [0, 0.1) is 25.7 Å². The van der Waals surface area contributed by atoms with Crippen LogP contribution in [0.2, 0.25) is 6.55 Å². The zero-order valence-electron chi connectivity index (χ0n) is 26.9. The molecule has 2 N–H and O–H groups in total. The van der Waals surface area contributed by atoms with E-state index < -0.39 is 14.1 Å². The number of aryl methyl sites for hydroxylation is 2. The Balaban J connectivity index is 1.63. The van der Waals surface area contributed by atoms with Gasteiger partial charge in [0.15, 0.2) is 0 Å². The third-order valence-electron chi connectivity index (χ3n) is 9.01. The Kier molecular flexibility index (Phi) is 10.6. The third-order valence-corrected chi connectivity index (χ3v) is 13.9. The molecule has 226 valence electrons. The number of nitrogens with one attached hydrogen (secondary N) is 2. The summed E-state index contributed by atoms with van der Waals surface area (Å²) in [7, 11) is -2.46. The smallest absolute Gasteiger partial charge is 0.242 e. The maximum atomic E-state index is 14.2. The largest absolute Gasteiger partial charge is 0.353 e. The van der Waals surface area contributed by atoms with E-state index in [-0.39, 0.29) is 29.8 Å². The molecule has 0 unspecified atom stereocenters. The fourth-order valence-corrected chi connectivity index (χ4v) is 10.2. The zero-order chi connectivity index (χ0) is 31.1. The first-order chi connectivity index (χ1) is 20.5. The highest BCUT2D eigenvalue weighted by molar-refractivity contribution is 7.02. The normalized spacial score (nSPS) is 13.9. The fourth-order valence-electron chi connectivity index (χ4n) is 6.00. The highest BCUT2D eigenvalue weighted by atomic mass is 28.3. The number of hydrogen-bond donors (Lipinski definition) is 2. The van der Waals surface area contributed by atoms with Gasteiger partial charge in [0.2, 0.25) is 11.8 Å². The van der Waals surface area contributed by atoms with Crippen molar-refractivity contribution in [1.29, 1.82) is 0 Å². The minimum atomic E-state index is -2.46. The fraction of sp³-hybridized carbons (Fsp3) is 0.368. The second-order valence-corrected chi connectivity index (χ2v) is 17.2. The minimum Gasteiger partial charge on any atom is -0.353 e. The van der Waals surface area contributed by atoms with E-state index in [4.69, 9.17) is 0 Å². The number of amides is 2. The van der Waals surface area contributed by atoms with Crippen LogP contribution >= 0.6 is 0 Å². The molecule has 4 aromatic carbocycles. The second kappa shape index (κ2) is 14.2. The molecule has 0 fully saturated rings. The molecule has 0 heterocycles. The van der Waals surface area contributed by atoms with Crippen molar-refractivity contribution in [1.82, 2.24) is 10.6 Å². The van der Waals surface area contributed by atoms with E-state index in [1.807, 2.05) is 18.2 Å². The number of benzene rings is 4. The van der Waals surface area contributed by atoms with Crippen LogP contribution in [0.25, 0.3) is 10.8 Å². The maximum Gasteiger partial charge on any atom is 0.242 e. The standard InChI is InChI=1S/C38H48N2O2Si/c1-8-29(6)37(39-35(41)25-30-17-18-31-11-9-10-12-32(31)24-30)38(42)40-36(23-26(2)3)43(7,33-19-13-27(4)14-20-33)34-21-15-28(5)16-22-34/h9-22,24,26,29,36-37H,8,23,25H2,1-7H3,(H,39,41)(H,40,42)/t29-,36+,37-/m0/s1. The predicted octanol–water partition coefficient (Wildman–Crippen LogP) is 6.49. The van der Waals surface area contributed by atoms with Crippen LogP contribution in [-0.2, 0) is 16.0 Å². The first kappa shape index (κ1) is 32.2. The molecular weight excluding hydrogens is 545 g/mol. The number of rotatable bonds is 12. The Hall–Kier alpha value is -3.70. The van der Waals surface area contributed by atoms with Gasteiger partial charge in [-0.25, -0.2) is 0 Å². The van der Waals surface area contributed by atoms with Crippen molar-refractivity contribution >= 4 is 41.0 Å². The van der Waals surface area contributed by atoms with Crippen molar-refractivity contribution in [2.45, 2.75) is 79.1 Å². The lowest BCUT2D eigenvalue weighted by Crippen LogP contribution is -2.70. The van der Waals surface area contributed by atoms with E-state index >= 15 is 0 Å². The van der Waals surface area contributed by atoms with Gasteiger partial charge in [-0.1, -0.05) is 153 Å². The molecule has 4 nitrogen and oxygen atoms in total. The quantitative estimate of drug-likeness (QED) is 0.185. The molecule has 0 aliphatic carbocycles. The summed E-state index contributed by atoms with van der Waals surface area (Å²) < 4.78 is 0. The summed E-state index contributed by atoms with van der Waals surface area (Å²) in [5.41, 5.74) is 3.34. The van der Waals surface area contributed by atoms with Crippen LogP contribution < -0.4 is 21.0 Å². The molecule has 3 atom stereocenters. The van der Waals surface area contributed by atoms with E-state index in [1.54, 1.807) is 0 Å². The van der Waals surface area contributed by atoms with E-state index in [1.165, 1.54) is 21.5 Å². The molecule has 0 saturated carbocycles. The van der Waals surface area contributed by atoms with Crippen LogP contribution in [0.4, 0.5) is 0 Å². The molecule has 4 rings (SSSR count). The van der Waals surface area contributed by atoms with Crippen LogP contribution in [0.3, 0.4) is 0 Å². The van der Waals surface area contributed by atoms with Crippen molar-refractivity contribution in [2.75, 3.05) is 0 Å². The number of carbonyl (C=O) groups excluding carboxylic acids is 2. The molecular formula is C38H48N2O2Si. The van der Waals surface area contributed by atoms with Crippen molar-refractivity contribution in [3.05, 3.63) is 108 Å². The van der Waals surface area contributed by atoms with E-state index in [2.05, 4.69) is 132 Å². The second-order valence-electron chi connectivity index (χ2n) is 12.9. The predicted molar refractivity (Wildman–Crippen MR) is 184 cm³/mol. The zero-order valence-corrected chi connectivity index (χ0v) is 27.9. The monoisotopic (exact) mass is 592 g/mol. The Morgan fingerprint density at radius 3 is 1.84 bits per heavy atom. The summed E-state index contributed by atoms with van der Waals surface area (Å²) in [4.78, 5) is 27.6. The van der Waals surface area contributed by atoms with Gasteiger partial charge >= 0.3 is 0 Å². The summed E-state index contributed by atoms with van der Waals surface area (Å²) in [6, 6.07) is 31.4. The van der Waals surface area contributed by atoms with E-state index in [0.29, 0.717) is 5.92 Å². The van der Waals surface area contributed by atoms with Gasteiger partial charge in [-0.05, 0) is 48.4 Å². The lowest BCUT2D eigenvalue weighted by atomic mass is 9.97. The third kappa shape index (κ3) is 7.83. The van der Waals surface area contributed by atoms with Gasteiger partial charge in [0, 0.05) is 5.67 Å². The van der Waals surface area contributed by atoms with Crippen LogP contribution in [0.5, 0.6) is 0 Å². The maximum absolute atomic E-state index is 14.2. The molecule has 0 aliphatic heterocycles. The summed E-state index contributed by atoms with van der Waals surface area (Å²) in [6.07, 6.45) is 1.88. The van der Waals surface area contributed by atoms with Gasteiger partial charge in [-0.15, -0.1) is 0 Å². The van der Waals surface area contributed by atoms with Crippen molar-refractivity contribution in [3.8, 4) is 0 Å². The first-order valence-electron chi connectivity index (χ1n) is 15.7. The highest BCUT2D eigenvalue weighted by Crippen LogP contribution is 2.21. The molecule has 0 bridgehead atoms. The average Bonchev–Trinajstić information content (AvgIpc) is 2.99. The Bertz CT molecular complexity index is 1480. The summed E-state index contributed by atoms with van der Waals surface area (Å²) in [5, 5.41) is 11.5. The molecule has 0 aromatic heterocycles. The van der Waals surface area contributed by atoms with Gasteiger partial charge in [0.05, 0.1) is 6.42 Å². The highest BCUT2D eigenvalue weighted by Gasteiger charge is 2.42. The molecule has 4 aromatic rings. The minimum absolute atomic E-state index is 0.00748. The SMILES string of the molecule is CC[C@H](C)[C@H](NC(=O)Cc1ccc2ccccc2c1)C(=O)N[C@@H](CC(C)C)[Si](C)(c1ccc(C)cc1)c1ccc(C)cc1. The van der Waals surface area contributed by atoms with Crippen molar-refractivity contribution in [2.24, 2.45) is 11.8 Å². The molecule has 0 spiro atoms. The van der Waals surface area contributed by atoms with Gasteiger partial charge in [0.1, 0.15) is 14.1 Å². The summed E-state index contributed by atoms with van der Waals surface area (Å²) in [5.74, 6) is 0.155. The molecule has 0 radical (unpaired) electrons. The Labute approximate surface area is 259 Å². The van der Waals surface area contributed by atoms with Gasteiger partial charge < -0.3 is 10.6 Å². The molecule has 2 amide bonds. The number of fused-ring (bicyclic) bond motifs is 1. The number of carbonyl (C=O) groups is 2. The van der Waals surface area contributed by atoms with Crippen molar-refractivity contribution < 1.29 is 9.59 Å². The van der Waals surface area contributed by atoms with Crippen LogP contribution in [0.1, 0.15) is 57.2 Å². The van der Waals surface area contributed by atoms with Gasteiger partial charge in [-0.2, -0.15) is 0 Å².